The first-order valence-corrected chi connectivity index (χ1v) is 9.71. The first-order chi connectivity index (χ1) is 14.1. The first-order valence-electron chi connectivity index (χ1n) is 9.71. The van der Waals surface area contributed by atoms with E-state index in [1.165, 1.54) is 24.3 Å². The summed E-state index contributed by atoms with van der Waals surface area (Å²) < 4.78 is 23.9. The van der Waals surface area contributed by atoms with Crippen LogP contribution in [0.5, 0.6) is 5.75 Å². The number of morpholine rings is 1. The molecule has 1 atom stereocenters. The molecule has 1 saturated heterocycles. The van der Waals surface area contributed by atoms with Gasteiger partial charge in [-0.15, -0.1) is 0 Å². The Kier molecular flexibility index (Phi) is 7.58. The van der Waals surface area contributed by atoms with Gasteiger partial charge in [-0.3, -0.25) is 9.59 Å². The summed E-state index contributed by atoms with van der Waals surface area (Å²) in [5.41, 5.74) is 1.07. The number of benzene rings is 2. The molecule has 7 heteroatoms. The monoisotopic (exact) mass is 400 g/mol. The van der Waals surface area contributed by atoms with E-state index < -0.39 is 0 Å². The molecule has 0 bridgehead atoms. The Morgan fingerprint density at radius 3 is 2.66 bits per heavy atom. The molecule has 1 N–H and O–H groups in total. The number of carbonyl (C=O) groups is 2. The van der Waals surface area contributed by atoms with Crippen LogP contribution in [0.4, 0.5) is 4.39 Å². The van der Waals surface area contributed by atoms with E-state index in [4.69, 9.17) is 9.47 Å². The number of nitrogens with zero attached hydrogens (tertiary/aromatic N) is 1. The van der Waals surface area contributed by atoms with Gasteiger partial charge >= 0.3 is 0 Å². The molecular weight excluding hydrogens is 375 g/mol. The summed E-state index contributed by atoms with van der Waals surface area (Å²) in [6.07, 6.45) is 0.812. The van der Waals surface area contributed by atoms with Crippen LogP contribution in [0, 0.1) is 5.82 Å². The lowest BCUT2D eigenvalue weighted by Gasteiger charge is -2.33. The molecule has 0 radical (unpaired) electrons. The van der Waals surface area contributed by atoms with Crippen LogP contribution < -0.4 is 10.1 Å². The van der Waals surface area contributed by atoms with Gasteiger partial charge in [-0.25, -0.2) is 4.39 Å². The van der Waals surface area contributed by atoms with Crippen molar-refractivity contribution >= 4 is 11.8 Å². The minimum Gasteiger partial charge on any atom is -0.484 e. The number of ether oxygens (including phenoxy) is 2. The zero-order valence-electron chi connectivity index (χ0n) is 16.2. The van der Waals surface area contributed by atoms with E-state index in [0.29, 0.717) is 44.8 Å². The molecule has 0 aliphatic carbocycles. The fraction of sp³-hybridized carbons (Fsp3) is 0.364. The van der Waals surface area contributed by atoms with Crippen LogP contribution >= 0.6 is 0 Å². The highest BCUT2D eigenvalue weighted by Crippen LogP contribution is 2.22. The molecule has 1 heterocycles. The summed E-state index contributed by atoms with van der Waals surface area (Å²) in [5.74, 6) is -0.151. The molecule has 154 valence electrons. The van der Waals surface area contributed by atoms with Gasteiger partial charge in [0.2, 0.25) is 5.91 Å². The van der Waals surface area contributed by atoms with E-state index in [0.717, 1.165) is 5.56 Å². The Bertz CT molecular complexity index is 798. The first kappa shape index (κ1) is 20.8. The molecule has 2 amide bonds. The van der Waals surface area contributed by atoms with Gasteiger partial charge in [0.05, 0.1) is 13.2 Å². The average molecular weight is 400 g/mol. The second-order valence-electron chi connectivity index (χ2n) is 6.81. The van der Waals surface area contributed by atoms with Crippen LogP contribution in [-0.2, 0) is 14.3 Å². The maximum absolute atomic E-state index is 12.8. The van der Waals surface area contributed by atoms with Gasteiger partial charge in [0, 0.05) is 19.5 Å². The molecule has 2 aromatic carbocycles. The average Bonchev–Trinajstić information content (AvgIpc) is 2.77. The number of hydrogen-bond donors (Lipinski definition) is 1. The number of carbonyl (C=O) groups excluding carboxylic acids is 2. The van der Waals surface area contributed by atoms with Crippen molar-refractivity contribution in [2.75, 3.05) is 32.8 Å². The van der Waals surface area contributed by atoms with Gasteiger partial charge in [-0.05, 0) is 36.2 Å². The van der Waals surface area contributed by atoms with Gasteiger partial charge in [0.25, 0.3) is 5.91 Å². The molecule has 1 unspecified atom stereocenters. The van der Waals surface area contributed by atoms with Crippen LogP contribution in [-0.4, -0.2) is 49.6 Å². The van der Waals surface area contributed by atoms with Gasteiger partial charge in [-0.1, -0.05) is 30.3 Å². The third-order valence-corrected chi connectivity index (χ3v) is 4.66. The van der Waals surface area contributed by atoms with Crippen molar-refractivity contribution in [2.24, 2.45) is 0 Å². The fourth-order valence-corrected chi connectivity index (χ4v) is 3.10. The molecule has 0 aromatic heterocycles. The zero-order valence-corrected chi connectivity index (χ0v) is 16.2. The normalized spacial score (nSPS) is 16.3. The number of hydrogen-bond acceptors (Lipinski definition) is 4. The minimum atomic E-state index is -0.359. The van der Waals surface area contributed by atoms with Crippen LogP contribution in [0.3, 0.4) is 0 Å². The molecule has 0 spiro atoms. The van der Waals surface area contributed by atoms with Crippen molar-refractivity contribution in [1.29, 1.82) is 0 Å². The van der Waals surface area contributed by atoms with E-state index in [2.05, 4.69) is 5.32 Å². The van der Waals surface area contributed by atoms with E-state index in [9.17, 15) is 14.0 Å². The number of amides is 2. The van der Waals surface area contributed by atoms with Crippen molar-refractivity contribution in [1.82, 2.24) is 10.2 Å². The summed E-state index contributed by atoms with van der Waals surface area (Å²) in [6.45, 7) is 1.88. The Morgan fingerprint density at radius 1 is 1.14 bits per heavy atom. The number of nitrogens with one attached hydrogen (secondary N) is 1. The highest BCUT2D eigenvalue weighted by Gasteiger charge is 2.24. The summed E-state index contributed by atoms with van der Waals surface area (Å²) in [7, 11) is 0. The van der Waals surface area contributed by atoms with Crippen LogP contribution in [0.1, 0.15) is 24.5 Å². The Hall–Kier alpha value is -2.93. The van der Waals surface area contributed by atoms with Crippen molar-refractivity contribution in [3.8, 4) is 5.75 Å². The lowest BCUT2D eigenvalue weighted by molar-refractivity contribution is -0.139. The lowest BCUT2D eigenvalue weighted by atomic mass is 10.1. The maximum atomic E-state index is 12.8. The van der Waals surface area contributed by atoms with E-state index in [1.54, 1.807) is 0 Å². The molecule has 0 saturated carbocycles. The van der Waals surface area contributed by atoms with Crippen LogP contribution in [0.25, 0.3) is 0 Å². The Balaban J connectivity index is 1.33. The summed E-state index contributed by atoms with van der Waals surface area (Å²) in [4.78, 5) is 26.1. The van der Waals surface area contributed by atoms with Gasteiger partial charge in [-0.2, -0.15) is 0 Å². The minimum absolute atomic E-state index is 0.0612. The molecule has 1 aliphatic heterocycles. The summed E-state index contributed by atoms with van der Waals surface area (Å²) in [6, 6.07) is 15.3. The standard InChI is InChI=1S/C22H25FN2O4/c23-18-8-10-19(11-9-18)29-16-21(26)24-12-4-7-22(27)25-13-14-28-20(15-25)17-5-2-1-3-6-17/h1-3,5-6,8-11,20H,4,7,12-16H2,(H,24,26). The third kappa shape index (κ3) is 6.57. The summed E-state index contributed by atoms with van der Waals surface area (Å²) >= 11 is 0. The van der Waals surface area contributed by atoms with Gasteiger partial charge in [0.15, 0.2) is 6.61 Å². The van der Waals surface area contributed by atoms with Crippen LogP contribution in [0.2, 0.25) is 0 Å². The van der Waals surface area contributed by atoms with Gasteiger partial charge < -0.3 is 19.7 Å². The molecule has 29 heavy (non-hydrogen) atoms. The van der Waals surface area contributed by atoms with Crippen molar-refractivity contribution in [2.45, 2.75) is 18.9 Å². The Labute approximate surface area is 169 Å². The number of halogens is 1. The fourth-order valence-electron chi connectivity index (χ4n) is 3.10. The topological polar surface area (TPSA) is 67.9 Å². The second-order valence-corrected chi connectivity index (χ2v) is 6.81. The van der Waals surface area contributed by atoms with Crippen molar-refractivity contribution in [3.05, 3.63) is 66.0 Å². The molecule has 1 fully saturated rings. The van der Waals surface area contributed by atoms with Crippen molar-refractivity contribution < 1.29 is 23.5 Å². The van der Waals surface area contributed by atoms with Crippen molar-refractivity contribution in [3.63, 3.8) is 0 Å². The highest BCUT2D eigenvalue weighted by molar-refractivity contribution is 5.78. The largest absolute Gasteiger partial charge is 0.484 e. The maximum Gasteiger partial charge on any atom is 0.257 e. The molecule has 3 rings (SSSR count). The predicted molar refractivity (Wildman–Crippen MR) is 106 cm³/mol. The summed E-state index contributed by atoms with van der Waals surface area (Å²) in [5, 5.41) is 2.72. The SMILES string of the molecule is O=C(COc1ccc(F)cc1)NCCCC(=O)N1CCOC(c2ccccc2)C1. The van der Waals surface area contributed by atoms with Crippen LogP contribution in [0.15, 0.2) is 54.6 Å². The third-order valence-electron chi connectivity index (χ3n) is 4.66. The molecule has 6 nitrogen and oxygen atoms in total. The van der Waals surface area contributed by atoms with E-state index >= 15 is 0 Å². The number of rotatable bonds is 8. The highest BCUT2D eigenvalue weighted by atomic mass is 19.1. The smallest absolute Gasteiger partial charge is 0.257 e. The molecule has 2 aromatic rings. The van der Waals surface area contributed by atoms with Gasteiger partial charge in [0.1, 0.15) is 17.7 Å². The second kappa shape index (κ2) is 10.6. The Morgan fingerprint density at radius 2 is 1.90 bits per heavy atom. The zero-order chi connectivity index (χ0) is 20.5. The predicted octanol–water partition coefficient (Wildman–Crippen LogP) is 2.70. The molecular formula is C22H25FN2O4. The quantitative estimate of drug-likeness (QED) is 0.692. The molecule has 1 aliphatic rings. The van der Waals surface area contributed by atoms with E-state index in [-0.39, 0.29) is 30.3 Å². The lowest BCUT2D eigenvalue weighted by Crippen LogP contribution is -2.42. The van der Waals surface area contributed by atoms with E-state index in [1.807, 2.05) is 35.2 Å².